The fourth-order valence-corrected chi connectivity index (χ4v) is 1.04. The SMILES string of the molecule is CCOCC(C(=O)O)=C(CC)OCC. The third-order valence-corrected chi connectivity index (χ3v) is 1.68. The van der Waals surface area contributed by atoms with E-state index >= 15 is 0 Å². The lowest BCUT2D eigenvalue weighted by molar-refractivity contribution is -0.133. The molecule has 0 spiro atoms. The molecule has 0 radical (unpaired) electrons. The zero-order valence-corrected chi connectivity index (χ0v) is 9.00. The fourth-order valence-electron chi connectivity index (χ4n) is 1.04. The van der Waals surface area contributed by atoms with Crippen molar-refractivity contribution in [3.05, 3.63) is 11.3 Å². The molecule has 0 aliphatic rings. The first-order chi connectivity index (χ1) is 6.67. The van der Waals surface area contributed by atoms with Crippen LogP contribution in [-0.4, -0.2) is 30.9 Å². The second-order valence-corrected chi connectivity index (χ2v) is 2.63. The van der Waals surface area contributed by atoms with Crippen LogP contribution in [0.15, 0.2) is 11.3 Å². The summed E-state index contributed by atoms with van der Waals surface area (Å²) < 4.78 is 10.3. The summed E-state index contributed by atoms with van der Waals surface area (Å²) in [4.78, 5) is 10.9. The van der Waals surface area contributed by atoms with Crippen molar-refractivity contribution in [2.45, 2.75) is 27.2 Å². The maximum atomic E-state index is 10.9. The number of allylic oxidation sites excluding steroid dienone is 1. The van der Waals surface area contributed by atoms with E-state index in [1.165, 1.54) is 0 Å². The van der Waals surface area contributed by atoms with Gasteiger partial charge in [0.25, 0.3) is 0 Å². The third-order valence-electron chi connectivity index (χ3n) is 1.68. The molecule has 0 aliphatic carbocycles. The van der Waals surface area contributed by atoms with Crippen molar-refractivity contribution in [2.75, 3.05) is 19.8 Å². The summed E-state index contributed by atoms with van der Waals surface area (Å²) in [7, 11) is 0. The summed E-state index contributed by atoms with van der Waals surface area (Å²) in [6, 6.07) is 0. The van der Waals surface area contributed by atoms with Gasteiger partial charge >= 0.3 is 5.97 Å². The van der Waals surface area contributed by atoms with Crippen molar-refractivity contribution in [1.82, 2.24) is 0 Å². The summed E-state index contributed by atoms with van der Waals surface area (Å²) in [6.45, 7) is 6.60. The average molecular weight is 202 g/mol. The van der Waals surface area contributed by atoms with E-state index in [1.807, 2.05) is 20.8 Å². The summed E-state index contributed by atoms with van der Waals surface area (Å²) in [5.41, 5.74) is 0.219. The van der Waals surface area contributed by atoms with E-state index in [0.717, 1.165) is 0 Å². The zero-order valence-electron chi connectivity index (χ0n) is 9.00. The highest BCUT2D eigenvalue weighted by molar-refractivity contribution is 5.87. The largest absolute Gasteiger partial charge is 0.498 e. The molecule has 82 valence electrons. The van der Waals surface area contributed by atoms with Gasteiger partial charge in [-0.15, -0.1) is 0 Å². The maximum Gasteiger partial charge on any atom is 0.337 e. The molecule has 0 rings (SSSR count). The second-order valence-electron chi connectivity index (χ2n) is 2.63. The Bertz CT molecular complexity index is 208. The van der Waals surface area contributed by atoms with Gasteiger partial charge in [0.05, 0.1) is 13.2 Å². The lowest BCUT2D eigenvalue weighted by Crippen LogP contribution is -2.12. The highest BCUT2D eigenvalue weighted by Gasteiger charge is 2.14. The first kappa shape index (κ1) is 13.0. The van der Waals surface area contributed by atoms with Crippen molar-refractivity contribution in [1.29, 1.82) is 0 Å². The Morgan fingerprint density at radius 2 is 1.86 bits per heavy atom. The molecular weight excluding hydrogens is 184 g/mol. The van der Waals surface area contributed by atoms with Crippen molar-refractivity contribution >= 4 is 5.97 Å². The number of carbonyl (C=O) groups is 1. The van der Waals surface area contributed by atoms with Crippen LogP contribution in [0.5, 0.6) is 0 Å². The topological polar surface area (TPSA) is 55.8 Å². The van der Waals surface area contributed by atoms with E-state index in [0.29, 0.717) is 25.4 Å². The summed E-state index contributed by atoms with van der Waals surface area (Å²) >= 11 is 0. The minimum Gasteiger partial charge on any atom is -0.498 e. The van der Waals surface area contributed by atoms with E-state index in [4.69, 9.17) is 14.6 Å². The van der Waals surface area contributed by atoms with Crippen molar-refractivity contribution in [3.8, 4) is 0 Å². The normalized spacial score (nSPS) is 12.2. The van der Waals surface area contributed by atoms with Gasteiger partial charge in [-0.05, 0) is 13.8 Å². The van der Waals surface area contributed by atoms with Gasteiger partial charge in [-0.25, -0.2) is 4.79 Å². The number of carboxylic acids is 1. The molecule has 0 saturated carbocycles. The van der Waals surface area contributed by atoms with Crippen LogP contribution >= 0.6 is 0 Å². The van der Waals surface area contributed by atoms with Gasteiger partial charge in [0.15, 0.2) is 0 Å². The molecule has 0 unspecified atom stereocenters. The van der Waals surface area contributed by atoms with Gasteiger partial charge in [-0.1, -0.05) is 6.92 Å². The molecule has 0 heterocycles. The number of hydrogen-bond donors (Lipinski definition) is 1. The molecule has 4 nitrogen and oxygen atoms in total. The molecule has 0 bridgehead atoms. The molecule has 0 aromatic carbocycles. The van der Waals surface area contributed by atoms with Crippen LogP contribution in [0.25, 0.3) is 0 Å². The van der Waals surface area contributed by atoms with Crippen LogP contribution in [0, 0.1) is 0 Å². The Kier molecular flexibility index (Phi) is 6.84. The Hall–Kier alpha value is -1.03. The lowest BCUT2D eigenvalue weighted by Gasteiger charge is -2.11. The standard InChI is InChI=1S/C10H18O4/c1-4-9(14-6-3)8(10(11)12)7-13-5-2/h4-7H2,1-3H3,(H,11,12). The van der Waals surface area contributed by atoms with Crippen molar-refractivity contribution in [3.63, 3.8) is 0 Å². The summed E-state index contributed by atoms with van der Waals surface area (Å²) in [5, 5.41) is 8.91. The number of aliphatic carboxylic acids is 1. The highest BCUT2D eigenvalue weighted by atomic mass is 16.5. The van der Waals surface area contributed by atoms with Crippen LogP contribution in [-0.2, 0) is 14.3 Å². The van der Waals surface area contributed by atoms with Gasteiger partial charge in [-0.3, -0.25) is 0 Å². The number of carboxylic acid groups (broad SMARTS) is 1. The van der Waals surface area contributed by atoms with Crippen LogP contribution in [0.4, 0.5) is 0 Å². The molecule has 1 N–H and O–H groups in total. The van der Waals surface area contributed by atoms with Gasteiger partial charge in [0.2, 0.25) is 0 Å². The van der Waals surface area contributed by atoms with E-state index in [9.17, 15) is 4.79 Å². The molecule has 14 heavy (non-hydrogen) atoms. The van der Waals surface area contributed by atoms with E-state index in [1.54, 1.807) is 0 Å². The van der Waals surface area contributed by atoms with E-state index < -0.39 is 5.97 Å². The second kappa shape index (κ2) is 7.38. The predicted octanol–water partition coefficient (Wildman–Crippen LogP) is 1.81. The predicted molar refractivity (Wildman–Crippen MR) is 53.1 cm³/mol. The molecule has 0 aromatic rings. The molecule has 4 heteroatoms. The highest BCUT2D eigenvalue weighted by Crippen LogP contribution is 2.11. The fraction of sp³-hybridized carbons (Fsp3) is 0.700. The molecule has 0 aromatic heterocycles. The average Bonchev–Trinajstić information content (AvgIpc) is 2.16. The number of ether oxygens (including phenoxy) is 2. The maximum absolute atomic E-state index is 10.9. The lowest BCUT2D eigenvalue weighted by atomic mass is 10.2. The molecule has 0 amide bonds. The molecular formula is C10H18O4. The zero-order chi connectivity index (χ0) is 11.0. The van der Waals surface area contributed by atoms with Crippen molar-refractivity contribution in [2.24, 2.45) is 0 Å². The van der Waals surface area contributed by atoms with E-state index in [-0.39, 0.29) is 12.2 Å². The number of hydrogen-bond acceptors (Lipinski definition) is 3. The van der Waals surface area contributed by atoms with Crippen LogP contribution < -0.4 is 0 Å². The van der Waals surface area contributed by atoms with Gasteiger partial charge in [0, 0.05) is 13.0 Å². The van der Waals surface area contributed by atoms with Crippen LogP contribution in [0.2, 0.25) is 0 Å². The Morgan fingerprint density at radius 1 is 1.21 bits per heavy atom. The smallest absolute Gasteiger partial charge is 0.337 e. The number of rotatable bonds is 7. The Labute approximate surface area is 84.5 Å². The summed E-state index contributed by atoms with van der Waals surface area (Å²) in [6.07, 6.45) is 0.572. The third kappa shape index (κ3) is 4.28. The molecule has 0 aliphatic heterocycles. The monoisotopic (exact) mass is 202 g/mol. The van der Waals surface area contributed by atoms with Crippen LogP contribution in [0.1, 0.15) is 27.2 Å². The quantitative estimate of drug-likeness (QED) is 0.505. The Morgan fingerprint density at radius 3 is 2.21 bits per heavy atom. The minimum absolute atomic E-state index is 0.106. The minimum atomic E-state index is -0.969. The first-order valence-electron chi connectivity index (χ1n) is 4.83. The van der Waals surface area contributed by atoms with Crippen molar-refractivity contribution < 1.29 is 19.4 Å². The first-order valence-corrected chi connectivity index (χ1v) is 4.83. The Balaban J connectivity index is 4.60. The van der Waals surface area contributed by atoms with Crippen LogP contribution in [0.3, 0.4) is 0 Å². The molecule has 0 atom stereocenters. The molecule has 0 fully saturated rings. The van der Waals surface area contributed by atoms with Gasteiger partial charge < -0.3 is 14.6 Å². The van der Waals surface area contributed by atoms with Gasteiger partial charge in [-0.2, -0.15) is 0 Å². The molecule has 0 saturated heterocycles. The van der Waals surface area contributed by atoms with Gasteiger partial charge in [0.1, 0.15) is 11.3 Å². The van der Waals surface area contributed by atoms with E-state index in [2.05, 4.69) is 0 Å². The summed E-state index contributed by atoms with van der Waals surface area (Å²) in [5.74, 6) is -0.461.